The highest BCUT2D eigenvalue weighted by atomic mass is 19.1. The highest BCUT2D eigenvalue weighted by Gasteiger charge is 2.11. The van der Waals surface area contributed by atoms with E-state index in [1.54, 1.807) is 0 Å². The van der Waals surface area contributed by atoms with E-state index >= 15 is 0 Å². The Morgan fingerprint density at radius 3 is 2.31 bits per heavy atom. The molecule has 1 aromatic carbocycles. The fourth-order valence-electron chi connectivity index (χ4n) is 1.34. The lowest BCUT2D eigenvalue weighted by molar-refractivity contribution is 0.509. The van der Waals surface area contributed by atoms with Gasteiger partial charge in [0.1, 0.15) is 5.82 Å². The van der Waals surface area contributed by atoms with Crippen LogP contribution in [-0.4, -0.2) is 0 Å². The van der Waals surface area contributed by atoms with E-state index in [4.69, 9.17) is 5.73 Å². The molecule has 1 rings (SSSR count). The van der Waals surface area contributed by atoms with Gasteiger partial charge in [-0.25, -0.2) is 4.39 Å². The van der Waals surface area contributed by atoms with Gasteiger partial charge in [0.05, 0.1) is 0 Å². The Kier molecular flexibility index (Phi) is 3.04. The molecule has 0 aliphatic heterocycles. The molecule has 2 N–H and O–H groups in total. The minimum absolute atomic E-state index is 0.0746. The van der Waals surface area contributed by atoms with Crippen LogP contribution < -0.4 is 5.73 Å². The zero-order valence-corrected chi connectivity index (χ0v) is 8.34. The predicted octanol–water partition coefficient (Wildman–Crippen LogP) is 2.79. The molecular formula is C11H16FN. The fourth-order valence-corrected chi connectivity index (χ4v) is 1.34. The van der Waals surface area contributed by atoms with Crippen LogP contribution in [0.15, 0.2) is 18.2 Å². The Morgan fingerprint density at radius 1 is 1.23 bits per heavy atom. The van der Waals surface area contributed by atoms with Gasteiger partial charge in [-0.05, 0) is 36.1 Å². The summed E-state index contributed by atoms with van der Waals surface area (Å²) in [6, 6.07) is 4.89. The summed E-state index contributed by atoms with van der Waals surface area (Å²) in [6.45, 7) is 5.94. The van der Waals surface area contributed by atoms with Crippen LogP contribution in [0.4, 0.5) is 4.39 Å². The molecule has 1 aromatic rings. The molecule has 0 saturated heterocycles. The molecule has 1 atom stereocenters. The third-order valence-electron chi connectivity index (χ3n) is 2.17. The van der Waals surface area contributed by atoms with Crippen LogP contribution >= 0.6 is 0 Å². The average molecular weight is 181 g/mol. The fraction of sp³-hybridized carbons (Fsp3) is 0.455. The lowest BCUT2D eigenvalue weighted by atomic mass is 9.96. The lowest BCUT2D eigenvalue weighted by Crippen LogP contribution is -2.16. The van der Waals surface area contributed by atoms with Crippen LogP contribution in [0.2, 0.25) is 0 Å². The molecule has 72 valence electrons. The van der Waals surface area contributed by atoms with E-state index in [9.17, 15) is 4.39 Å². The molecule has 0 unspecified atom stereocenters. The van der Waals surface area contributed by atoms with E-state index in [1.165, 1.54) is 12.1 Å². The quantitative estimate of drug-likeness (QED) is 0.746. The van der Waals surface area contributed by atoms with Gasteiger partial charge in [0, 0.05) is 6.04 Å². The summed E-state index contributed by atoms with van der Waals surface area (Å²) in [7, 11) is 0. The molecule has 0 saturated carbocycles. The number of benzene rings is 1. The second kappa shape index (κ2) is 3.88. The topological polar surface area (TPSA) is 26.0 Å². The SMILES string of the molecule is Cc1cc(F)cc([C@@H](N)C(C)C)c1. The Hall–Kier alpha value is -0.890. The molecule has 0 bridgehead atoms. The van der Waals surface area contributed by atoms with Crippen LogP contribution in [0.3, 0.4) is 0 Å². The van der Waals surface area contributed by atoms with E-state index in [2.05, 4.69) is 0 Å². The molecule has 0 aliphatic rings. The minimum Gasteiger partial charge on any atom is -0.324 e. The first-order chi connectivity index (χ1) is 6.00. The van der Waals surface area contributed by atoms with Gasteiger partial charge in [-0.1, -0.05) is 19.9 Å². The van der Waals surface area contributed by atoms with Crippen molar-refractivity contribution >= 4 is 0 Å². The maximum Gasteiger partial charge on any atom is 0.123 e. The van der Waals surface area contributed by atoms with Crippen LogP contribution in [0.25, 0.3) is 0 Å². The van der Waals surface area contributed by atoms with Gasteiger partial charge in [-0.3, -0.25) is 0 Å². The number of aryl methyl sites for hydroxylation is 1. The van der Waals surface area contributed by atoms with Crippen molar-refractivity contribution in [2.45, 2.75) is 26.8 Å². The summed E-state index contributed by atoms with van der Waals surface area (Å²) in [6.07, 6.45) is 0. The number of halogens is 1. The molecule has 1 nitrogen and oxygen atoms in total. The third-order valence-corrected chi connectivity index (χ3v) is 2.17. The Labute approximate surface area is 78.8 Å². The van der Waals surface area contributed by atoms with E-state index in [0.717, 1.165) is 11.1 Å². The van der Waals surface area contributed by atoms with Crippen molar-refractivity contribution in [1.82, 2.24) is 0 Å². The lowest BCUT2D eigenvalue weighted by Gasteiger charge is -2.16. The molecule has 0 amide bonds. The van der Waals surface area contributed by atoms with Crippen molar-refractivity contribution in [3.8, 4) is 0 Å². The van der Waals surface area contributed by atoms with E-state index in [1.807, 2.05) is 26.8 Å². The van der Waals surface area contributed by atoms with Crippen molar-refractivity contribution in [2.24, 2.45) is 11.7 Å². The Bertz CT molecular complexity index is 274. The highest BCUT2D eigenvalue weighted by Crippen LogP contribution is 2.20. The van der Waals surface area contributed by atoms with Crippen LogP contribution in [0, 0.1) is 18.7 Å². The maximum absolute atomic E-state index is 13.0. The Morgan fingerprint density at radius 2 is 1.85 bits per heavy atom. The summed E-state index contributed by atoms with van der Waals surface area (Å²) in [5.41, 5.74) is 7.71. The third kappa shape index (κ3) is 2.52. The summed E-state index contributed by atoms with van der Waals surface area (Å²) in [5, 5.41) is 0. The van der Waals surface area contributed by atoms with Crippen LogP contribution in [0.1, 0.15) is 31.0 Å². The minimum atomic E-state index is -0.203. The van der Waals surface area contributed by atoms with Crippen LogP contribution in [0.5, 0.6) is 0 Å². The van der Waals surface area contributed by atoms with Crippen molar-refractivity contribution in [3.63, 3.8) is 0 Å². The number of rotatable bonds is 2. The van der Waals surface area contributed by atoms with Crippen molar-refractivity contribution in [2.75, 3.05) is 0 Å². The summed E-state index contributed by atoms with van der Waals surface area (Å²) < 4.78 is 13.0. The normalized spacial score (nSPS) is 13.4. The van der Waals surface area contributed by atoms with E-state index < -0.39 is 0 Å². The average Bonchev–Trinajstić information content (AvgIpc) is 2.01. The Balaban J connectivity index is 3.01. The van der Waals surface area contributed by atoms with Gasteiger partial charge < -0.3 is 5.73 Å². The van der Waals surface area contributed by atoms with Gasteiger partial charge in [0.2, 0.25) is 0 Å². The molecule has 0 radical (unpaired) electrons. The number of hydrogen-bond donors (Lipinski definition) is 1. The first kappa shape index (κ1) is 10.2. The highest BCUT2D eigenvalue weighted by molar-refractivity contribution is 5.26. The summed E-state index contributed by atoms with van der Waals surface area (Å²) in [4.78, 5) is 0. The van der Waals surface area contributed by atoms with E-state index in [0.29, 0.717) is 5.92 Å². The number of nitrogens with two attached hydrogens (primary N) is 1. The van der Waals surface area contributed by atoms with Crippen LogP contribution in [-0.2, 0) is 0 Å². The standard InChI is InChI=1S/C11H16FN/c1-7(2)11(13)9-4-8(3)5-10(12)6-9/h4-7,11H,13H2,1-3H3/t11-/m0/s1. The maximum atomic E-state index is 13.0. The molecule has 0 spiro atoms. The molecule has 2 heteroatoms. The first-order valence-electron chi connectivity index (χ1n) is 4.53. The number of hydrogen-bond acceptors (Lipinski definition) is 1. The molecule has 0 aromatic heterocycles. The van der Waals surface area contributed by atoms with Gasteiger partial charge in [0.25, 0.3) is 0 Å². The van der Waals surface area contributed by atoms with Crippen molar-refractivity contribution < 1.29 is 4.39 Å². The smallest absolute Gasteiger partial charge is 0.123 e. The summed E-state index contributed by atoms with van der Waals surface area (Å²) >= 11 is 0. The van der Waals surface area contributed by atoms with E-state index in [-0.39, 0.29) is 11.9 Å². The molecule has 0 fully saturated rings. The van der Waals surface area contributed by atoms with Gasteiger partial charge in [-0.15, -0.1) is 0 Å². The first-order valence-corrected chi connectivity index (χ1v) is 4.53. The predicted molar refractivity (Wildman–Crippen MR) is 52.9 cm³/mol. The molecule has 0 aliphatic carbocycles. The zero-order valence-electron chi connectivity index (χ0n) is 8.34. The zero-order chi connectivity index (χ0) is 10.0. The molecular weight excluding hydrogens is 165 g/mol. The van der Waals surface area contributed by atoms with Gasteiger partial charge in [0.15, 0.2) is 0 Å². The monoisotopic (exact) mass is 181 g/mol. The summed E-state index contributed by atoms with van der Waals surface area (Å²) in [5.74, 6) is 0.132. The second-order valence-electron chi connectivity index (χ2n) is 3.83. The van der Waals surface area contributed by atoms with Crippen molar-refractivity contribution in [1.29, 1.82) is 0 Å². The molecule has 0 heterocycles. The molecule has 13 heavy (non-hydrogen) atoms. The second-order valence-corrected chi connectivity index (χ2v) is 3.83. The van der Waals surface area contributed by atoms with Gasteiger partial charge in [-0.2, -0.15) is 0 Å². The van der Waals surface area contributed by atoms with Crippen molar-refractivity contribution in [3.05, 3.63) is 35.1 Å². The largest absolute Gasteiger partial charge is 0.324 e. The van der Waals surface area contributed by atoms with Gasteiger partial charge >= 0.3 is 0 Å².